The van der Waals surface area contributed by atoms with Gasteiger partial charge in [-0.15, -0.1) is 0 Å². The smallest absolute Gasteiger partial charge is 0.123 e. The first-order valence-corrected chi connectivity index (χ1v) is 6.36. The van der Waals surface area contributed by atoms with Crippen molar-refractivity contribution in [3.63, 3.8) is 0 Å². The van der Waals surface area contributed by atoms with E-state index >= 15 is 0 Å². The van der Waals surface area contributed by atoms with Gasteiger partial charge in [-0.05, 0) is 44.2 Å². The average Bonchev–Trinajstić information content (AvgIpc) is 2.89. The second-order valence-corrected chi connectivity index (χ2v) is 4.47. The predicted octanol–water partition coefficient (Wildman–Crippen LogP) is 3.50. The molecule has 0 radical (unpaired) electrons. The molecule has 0 bridgehead atoms. The lowest BCUT2D eigenvalue weighted by molar-refractivity contribution is 0.199. The van der Waals surface area contributed by atoms with E-state index < -0.39 is 6.10 Å². The normalized spacial score (nSPS) is 12.4. The predicted molar refractivity (Wildman–Crippen MR) is 72.5 cm³/mol. The van der Waals surface area contributed by atoms with E-state index in [9.17, 15) is 9.50 Å². The van der Waals surface area contributed by atoms with Gasteiger partial charge in [-0.2, -0.15) is 0 Å². The Hall–Kier alpha value is -1.81. The summed E-state index contributed by atoms with van der Waals surface area (Å²) in [4.78, 5) is 2.04. The molecule has 0 unspecified atom stereocenters. The number of aliphatic hydroxyl groups excluding tert-OH is 1. The summed E-state index contributed by atoms with van der Waals surface area (Å²) in [7, 11) is 0. The summed E-state index contributed by atoms with van der Waals surface area (Å²) in [5.41, 5.74) is 1.42. The second-order valence-electron chi connectivity index (χ2n) is 4.47. The summed E-state index contributed by atoms with van der Waals surface area (Å²) >= 11 is 0. The standard InChI is InChI=1S/C15H18FNO2/c1-3-17(10-13-5-4-8-19-13)15-7-6-12(16)9-14(15)11(2)18/h4-9,11,18H,3,10H2,1-2H3/t11-/m1/s1. The van der Waals surface area contributed by atoms with Gasteiger partial charge in [0.25, 0.3) is 0 Å². The molecule has 0 spiro atoms. The van der Waals surface area contributed by atoms with Crippen LogP contribution in [0.2, 0.25) is 0 Å². The van der Waals surface area contributed by atoms with E-state index in [1.54, 1.807) is 19.3 Å². The molecule has 4 heteroatoms. The highest BCUT2D eigenvalue weighted by Gasteiger charge is 2.15. The zero-order valence-electron chi connectivity index (χ0n) is 11.1. The van der Waals surface area contributed by atoms with E-state index in [-0.39, 0.29) is 5.82 Å². The van der Waals surface area contributed by atoms with E-state index in [0.717, 1.165) is 18.0 Å². The molecule has 1 aromatic heterocycles. The SMILES string of the molecule is CCN(Cc1ccco1)c1ccc(F)cc1[C@@H](C)O. The maximum Gasteiger partial charge on any atom is 0.123 e. The minimum Gasteiger partial charge on any atom is -0.467 e. The number of hydrogen-bond donors (Lipinski definition) is 1. The Morgan fingerprint density at radius 2 is 2.16 bits per heavy atom. The number of hydrogen-bond acceptors (Lipinski definition) is 3. The van der Waals surface area contributed by atoms with E-state index in [4.69, 9.17) is 4.42 Å². The van der Waals surface area contributed by atoms with Crippen LogP contribution in [0.5, 0.6) is 0 Å². The molecule has 1 N–H and O–H groups in total. The molecule has 19 heavy (non-hydrogen) atoms. The van der Waals surface area contributed by atoms with Crippen molar-refractivity contribution >= 4 is 5.69 Å². The Morgan fingerprint density at radius 3 is 2.74 bits per heavy atom. The van der Waals surface area contributed by atoms with E-state index in [0.29, 0.717) is 12.1 Å². The van der Waals surface area contributed by atoms with Gasteiger partial charge in [0.15, 0.2) is 0 Å². The summed E-state index contributed by atoms with van der Waals surface area (Å²) in [5, 5.41) is 9.78. The van der Waals surface area contributed by atoms with Gasteiger partial charge in [0.05, 0.1) is 18.9 Å². The summed E-state index contributed by atoms with van der Waals surface area (Å²) in [6.45, 7) is 4.98. The van der Waals surface area contributed by atoms with Crippen molar-refractivity contribution in [2.45, 2.75) is 26.5 Å². The van der Waals surface area contributed by atoms with Crippen molar-refractivity contribution < 1.29 is 13.9 Å². The minimum atomic E-state index is -0.712. The maximum absolute atomic E-state index is 13.3. The second kappa shape index (κ2) is 5.89. The van der Waals surface area contributed by atoms with Crippen LogP contribution in [0.3, 0.4) is 0 Å². The maximum atomic E-state index is 13.3. The Bertz CT molecular complexity index is 523. The van der Waals surface area contributed by atoms with E-state index in [1.165, 1.54) is 12.1 Å². The van der Waals surface area contributed by atoms with Crippen LogP contribution in [0, 0.1) is 5.82 Å². The van der Waals surface area contributed by atoms with Crippen molar-refractivity contribution in [1.29, 1.82) is 0 Å². The van der Waals surface area contributed by atoms with Gasteiger partial charge >= 0.3 is 0 Å². The lowest BCUT2D eigenvalue weighted by atomic mass is 10.1. The molecule has 0 aliphatic carbocycles. The van der Waals surface area contributed by atoms with Crippen molar-refractivity contribution in [1.82, 2.24) is 0 Å². The summed E-state index contributed by atoms with van der Waals surface area (Å²) < 4.78 is 18.6. The van der Waals surface area contributed by atoms with Crippen molar-refractivity contribution in [2.24, 2.45) is 0 Å². The largest absolute Gasteiger partial charge is 0.467 e. The molecule has 2 aromatic rings. The fourth-order valence-corrected chi connectivity index (χ4v) is 2.11. The van der Waals surface area contributed by atoms with Gasteiger partial charge < -0.3 is 14.4 Å². The van der Waals surface area contributed by atoms with Crippen LogP contribution < -0.4 is 4.90 Å². The third-order valence-electron chi connectivity index (χ3n) is 3.09. The first-order chi connectivity index (χ1) is 9.11. The Balaban J connectivity index is 2.32. The fraction of sp³-hybridized carbons (Fsp3) is 0.333. The van der Waals surface area contributed by atoms with Crippen LogP contribution in [-0.2, 0) is 6.54 Å². The molecular formula is C15H18FNO2. The van der Waals surface area contributed by atoms with Crippen LogP contribution in [0.25, 0.3) is 0 Å². The van der Waals surface area contributed by atoms with E-state index in [2.05, 4.69) is 0 Å². The number of benzene rings is 1. The lowest BCUT2D eigenvalue weighted by Crippen LogP contribution is -2.23. The van der Waals surface area contributed by atoms with Gasteiger partial charge in [0.1, 0.15) is 11.6 Å². The number of furan rings is 1. The number of aliphatic hydroxyl groups is 1. The average molecular weight is 263 g/mol. The highest BCUT2D eigenvalue weighted by atomic mass is 19.1. The molecule has 0 saturated carbocycles. The third kappa shape index (κ3) is 3.15. The first kappa shape index (κ1) is 13.6. The molecule has 0 fully saturated rings. The highest BCUT2D eigenvalue weighted by Crippen LogP contribution is 2.28. The molecular weight excluding hydrogens is 245 g/mol. The molecule has 1 aromatic carbocycles. The number of halogens is 1. The van der Waals surface area contributed by atoms with Crippen LogP contribution >= 0.6 is 0 Å². The van der Waals surface area contributed by atoms with Crippen LogP contribution in [0.15, 0.2) is 41.0 Å². The number of anilines is 1. The van der Waals surface area contributed by atoms with E-state index in [1.807, 2.05) is 24.0 Å². The summed E-state index contributed by atoms with van der Waals surface area (Å²) in [6, 6.07) is 8.22. The van der Waals surface area contributed by atoms with Gasteiger partial charge in [0.2, 0.25) is 0 Å². The van der Waals surface area contributed by atoms with Crippen LogP contribution in [0.1, 0.15) is 31.3 Å². The number of nitrogens with zero attached hydrogens (tertiary/aromatic N) is 1. The number of rotatable bonds is 5. The fourth-order valence-electron chi connectivity index (χ4n) is 2.11. The van der Waals surface area contributed by atoms with Gasteiger partial charge in [-0.3, -0.25) is 0 Å². The van der Waals surface area contributed by atoms with Crippen molar-refractivity contribution in [2.75, 3.05) is 11.4 Å². The lowest BCUT2D eigenvalue weighted by Gasteiger charge is -2.25. The van der Waals surface area contributed by atoms with Gasteiger partial charge in [-0.25, -0.2) is 4.39 Å². The summed E-state index contributed by atoms with van der Waals surface area (Å²) in [5.74, 6) is 0.497. The minimum absolute atomic E-state index is 0.339. The molecule has 3 nitrogen and oxygen atoms in total. The highest BCUT2D eigenvalue weighted by molar-refractivity contribution is 5.54. The third-order valence-corrected chi connectivity index (χ3v) is 3.09. The topological polar surface area (TPSA) is 36.6 Å². The Kier molecular flexibility index (Phi) is 4.22. The van der Waals surface area contributed by atoms with Gasteiger partial charge in [-0.1, -0.05) is 0 Å². The van der Waals surface area contributed by atoms with Crippen LogP contribution in [0.4, 0.5) is 10.1 Å². The monoisotopic (exact) mass is 263 g/mol. The molecule has 0 aliphatic heterocycles. The van der Waals surface area contributed by atoms with Gasteiger partial charge in [0, 0.05) is 17.8 Å². The molecule has 102 valence electrons. The molecule has 0 saturated heterocycles. The Labute approximate surface area is 112 Å². The van der Waals surface area contributed by atoms with Crippen molar-refractivity contribution in [3.8, 4) is 0 Å². The quantitative estimate of drug-likeness (QED) is 0.897. The molecule has 0 amide bonds. The molecule has 0 aliphatic rings. The van der Waals surface area contributed by atoms with Crippen molar-refractivity contribution in [3.05, 3.63) is 53.7 Å². The summed E-state index contributed by atoms with van der Waals surface area (Å²) in [6.07, 6.45) is 0.917. The first-order valence-electron chi connectivity index (χ1n) is 6.36. The zero-order chi connectivity index (χ0) is 13.8. The zero-order valence-corrected chi connectivity index (χ0v) is 11.1. The molecule has 1 heterocycles. The Morgan fingerprint density at radius 1 is 1.37 bits per heavy atom. The van der Waals surface area contributed by atoms with Crippen LogP contribution in [-0.4, -0.2) is 11.7 Å². The molecule has 1 atom stereocenters. The molecule has 2 rings (SSSR count).